The molecule has 1 rings (SSSR count). The highest BCUT2D eigenvalue weighted by Gasteiger charge is 2.15. The molecular weight excluding hydrogens is 218 g/mol. The SMILES string of the molecule is CCOC(C)([SiH3])OCC.NC1CCCCC1. The van der Waals surface area contributed by atoms with E-state index in [2.05, 4.69) is 0 Å². The lowest BCUT2D eigenvalue weighted by molar-refractivity contribution is -0.160. The van der Waals surface area contributed by atoms with E-state index in [9.17, 15) is 0 Å². The summed E-state index contributed by atoms with van der Waals surface area (Å²) in [5.74, 6) is 0. The summed E-state index contributed by atoms with van der Waals surface area (Å²) >= 11 is 0. The molecule has 1 aliphatic carbocycles. The molecule has 1 aliphatic rings. The molecule has 0 unspecified atom stereocenters. The summed E-state index contributed by atoms with van der Waals surface area (Å²) in [6.45, 7) is 7.41. The molecule has 1 saturated carbocycles. The third-order valence-electron chi connectivity index (χ3n) is 2.63. The van der Waals surface area contributed by atoms with Crippen LogP contribution in [0, 0.1) is 0 Å². The fourth-order valence-corrected chi connectivity index (χ4v) is 2.45. The predicted molar refractivity (Wildman–Crippen MR) is 72.7 cm³/mol. The van der Waals surface area contributed by atoms with Crippen LogP contribution in [0.15, 0.2) is 0 Å². The van der Waals surface area contributed by atoms with Gasteiger partial charge in [0.2, 0.25) is 0 Å². The van der Waals surface area contributed by atoms with Gasteiger partial charge in [0.1, 0.15) is 5.41 Å². The lowest BCUT2D eigenvalue weighted by atomic mass is 9.97. The predicted octanol–water partition coefficient (Wildman–Crippen LogP) is 1.38. The van der Waals surface area contributed by atoms with Gasteiger partial charge < -0.3 is 15.2 Å². The molecule has 0 atom stereocenters. The summed E-state index contributed by atoms with van der Waals surface area (Å²) in [5.41, 5.74) is 5.37. The first-order chi connectivity index (χ1) is 7.52. The quantitative estimate of drug-likeness (QED) is 0.603. The van der Waals surface area contributed by atoms with Crippen LogP contribution >= 0.6 is 0 Å². The molecule has 0 aromatic carbocycles. The fourth-order valence-electron chi connectivity index (χ4n) is 1.87. The Kier molecular flexibility index (Phi) is 9.22. The van der Waals surface area contributed by atoms with Crippen LogP contribution in [0.2, 0.25) is 0 Å². The molecule has 0 saturated heterocycles. The van der Waals surface area contributed by atoms with Gasteiger partial charge in [-0.25, -0.2) is 0 Å². The average molecular weight is 247 g/mol. The van der Waals surface area contributed by atoms with Crippen LogP contribution in [-0.2, 0) is 9.47 Å². The molecule has 0 heterocycles. The Bertz CT molecular complexity index is 151. The Morgan fingerprint density at radius 1 is 1.12 bits per heavy atom. The first-order valence-corrected chi connectivity index (χ1v) is 7.55. The van der Waals surface area contributed by atoms with Crippen molar-refractivity contribution in [2.75, 3.05) is 13.2 Å². The maximum Gasteiger partial charge on any atom is 0.138 e. The third-order valence-corrected chi connectivity index (χ3v) is 3.21. The Labute approximate surface area is 103 Å². The molecule has 16 heavy (non-hydrogen) atoms. The Morgan fingerprint density at radius 3 is 1.81 bits per heavy atom. The summed E-state index contributed by atoms with van der Waals surface area (Å²) in [7, 11) is 0.923. The zero-order valence-corrected chi connectivity index (χ0v) is 13.4. The van der Waals surface area contributed by atoms with Crippen molar-refractivity contribution in [1.82, 2.24) is 0 Å². The van der Waals surface area contributed by atoms with Crippen LogP contribution in [-0.4, -0.2) is 34.9 Å². The van der Waals surface area contributed by atoms with Crippen molar-refractivity contribution in [2.24, 2.45) is 5.73 Å². The lowest BCUT2D eigenvalue weighted by Gasteiger charge is -2.24. The second kappa shape index (κ2) is 9.16. The van der Waals surface area contributed by atoms with Crippen LogP contribution in [0.25, 0.3) is 0 Å². The minimum Gasteiger partial charge on any atom is -0.355 e. The first-order valence-electron chi connectivity index (χ1n) is 6.55. The molecule has 0 spiro atoms. The highest BCUT2D eigenvalue weighted by molar-refractivity contribution is 6.13. The smallest absolute Gasteiger partial charge is 0.138 e. The minimum absolute atomic E-state index is 0.260. The van der Waals surface area contributed by atoms with Crippen molar-refractivity contribution in [2.45, 2.75) is 64.3 Å². The zero-order chi connectivity index (χ0) is 12.4. The van der Waals surface area contributed by atoms with Crippen LogP contribution in [0.1, 0.15) is 52.9 Å². The topological polar surface area (TPSA) is 44.5 Å². The van der Waals surface area contributed by atoms with E-state index in [4.69, 9.17) is 15.2 Å². The van der Waals surface area contributed by atoms with Gasteiger partial charge in [-0.2, -0.15) is 0 Å². The van der Waals surface area contributed by atoms with Gasteiger partial charge in [-0.05, 0) is 33.6 Å². The first kappa shape index (κ1) is 16.1. The Balaban J connectivity index is 0.000000288. The number of hydrogen-bond donors (Lipinski definition) is 1. The van der Waals surface area contributed by atoms with Crippen molar-refractivity contribution in [3.63, 3.8) is 0 Å². The van der Waals surface area contributed by atoms with Gasteiger partial charge in [0.15, 0.2) is 0 Å². The molecule has 1 fully saturated rings. The number of nitrogens with two attached hydrogens (primary N) is 1. The summed E-state index contributed by atoms with van der Waals surface area (Å²) in [6, 6.07) is 0.536. The van der Waals surface area contributed by atoms with Gasteiger partial charge in [-0.1, -0.05) is 19.3 Å². The van der Waals surface area contributed by atoms with Gasteiger partial charge >= 0.3 is 0 Å². The molecular formula is C12H29NO2Si. The molecule has 0 aliphatic heterocycles. The van der Waals surface area contributed by atoms with Crippen molar-refractivity contribution < 1.29 is 9.47 Å². The minimum atomic E-state index is -0.260. The van der Waals surface area contributed by atoms with E-state index in [1.54, 1.807) is 0 Å². The van der Waals surface area contributed by atoms with E-state index in [0.29, 0.717) is 6.04 Å². The van der Waals surface area contributed by atoms with Crippen molar-refractivity contribution in [1.29, 1.82) is 0 Å². The highest BCUT2D eigenvalue weighted by atomic mass is 28.1. The molecule has 2 N–H and O–H groups in total. The number of hydrogen-bond acceptors (Lipinski definition) is 3. The maximum atomic E-state index is 5.63. The van der Waals surface area contributed by atoms with Gasteiger partial charge in [-0.15, -0.1) is 0 Å². The molecule has 0 aromatic heterocycles. The van der Waals surface area contributed by atoms with E-state index in [1.807, 2.05) is 20.8 Å². The summed E-state index contributed by atoms with van der Waals surface area (Å²) in [5, 5.41) is 0. The molecule has 0 radical (unpaired) electrons. The van der Waals surface area contributed by atoms with Crippen molar-refractivity contribution in [3.05, 3.63) is 0 Å². The Hall–Kier alpha value is 0.0969. The van der Waals surface area contributed by atoms with E-state index >= 15 is 0 Å². The summed E-state index contributed by atoms with van der Waals surface area (Å²) in [6.07, 6.45) is 6.66. The second-order valence-corrected chi connectivity index (χ2v) is 6.48. The van der Waals surface area contributed by atoms with Gasteiger partial charge in [0.05, 0.1) is 10.2 Å². The second-order valence-electron chi connectivity index (χ2n) is 4.66. The fraction of sp³-hybridized carbons (Fsp3) is 1.00. The number of ether oxygens (including phenoxy) is 2. The van der Waals surface area contributed by atoms with Gasteiger partial charge in [0.25, 0.3) is 0 Å². The van der Waals surface area contributed by atoms with Gasteiger partial charge in [0, 0.05) is 19.3 Å². The van der Waals surface area contributed by atoms with E-state index < -0.39 is 0 Å². The van der Waals surface area contributed by atoms with E-state index in [0.717, 1.165) is 23.5 Å². The van der Waals surface area contributed by atoms with Crippen LogP contribution in [0.3, 0.4) is 0 Å². The van der Waals surface area contributed by atoms with Gasteiger partial charge in [-0.3, -0.25) is 0 Å². The summed E-state index contributed by atoms with van der Waals surface area (Å²) < 4.78 is 10.6. The third kappa shape index (κ3) is 9.33. The largest absolute Gasteiger partial charge is 0.355 e. The van der Waals surface area contributed by atoms with Crippen LogP contribution in [0.5, 0.6) is 0 Å². The Morgan fingerprint density at radius 2 is 1.56 bits per heavy atom. The molecule has 3 nitrogen and oxygen atoms in total. The normalized spacial score (nSPS) is 18.0. The molecule has 0 bridgehead atoms. The van der Waals surface area contributed by atoms with Crippen molar-refractivity contribution in [3.8, 4) is 0 Å². The lowest BCUT2D eigenvalue weighted by Crippen LogP contribution is -2.32. The average Bonchev–Trinajstić information content (AvgIpc) is 2.19. The molecule has 0 amide bonds. The molecule has 4 heteroatoms. The highest BCUT2D eigenvalue weighted by Crippen LogP contribution is 2.14. The molecule has 0 aromatic rings. The number of rotatable bonds is 4. The summed E-state index contributed by atoms with van der Waals surface area (Å²) in [4.78, 5) is 0. The maximum absolute atomic E-state index is 5.63. The standard InChI is InChI=1S/C6H13N.C6H16O2Si/c7-6-4-2-1-3-5-6;1-4-7-6(3,9)8-5-2/h6H,1-5,7H2;4-5H2,1-3,9H3. The monoisotopic (exact) mass is 247 g/mol. The van der Waals surface area contributed by atoms with E-state index in [-0.39, 0.29) is 5.41 Å². The van der Waals surface area contributed by atoms with Crippen molar-refractivity contribution >= 4 is 10.2 Å². The zero-order valence-electron chi connectivity index (χ0n) is 11.4. The van der Waals surface area contributed by atoms with E-state index in [1.165, 1.54) is 32.1 Å². The molecule has 98 valence electrons. The van der Waals surface area contributed by atoms with Crippen LogP contribution in [0.4, 0.5) is 0 Å². The van der Waals surface area contributed by atoms with Crippen LogP contribution < -0.4 is 5.73 Å².